The largest absolute Gasteiger partial charge is 0.282 e. The Morgan fingerprint density at radius 2 is 1.86 bits per heavy atom. The Labute approximate surface area is 119 Å². The van der Waals surface area contributed by atoms with Gasteiger partial charge >= 0.3 is 0 Å². The van der Waals surface area contributed by atoms with Crippen LogP contribution in [0.2, 0.25) is 0 Å². The molecule has 2 aromatic carbocycles. The number of nitro groups is 1. The fourth-order valence-electron chi connectivity index (χ4n) is 1.60. The van der Waals surface area contributed by atoms with Crippen LogP contribution in [0.4, 0.5) is 10.1 Å². The second-order valence-corrected chi connectivity index (χ2v) is 4.02. The molecule has 0 fully saturated rings. The molecule has 1 N–H and O–H groups in total. The molecule has 6 nitrogen and oxygen atoms in total. The zero-order chi connectivity index (χ0) is 15.2. The van der Waals surface area contributed by atoms with Gasteiger partial charge in [-0.25, -0.2) is 9.82 Å². The van der Waals surface area contributed by atoms with Gasteiger partial charge in [0, 0.05) is 6.07 Å². The van der Waals surface area contributed by atoms with Crippen molar-refractivity contribution in [1.82, 2.24) is 5.43 Å². The maximum atomic E-state index is 12.7. The van der Waals surface area contributed by atoms with E-state index >= 15 is 0 Å². The van der Waals surface area contributed by atoms with Crippen molar-refractivity contribution >= 4 is 17.8 Å². The minimum Gasteiger partial charge on any atom is -0.267 e. The first-order valence-electron chi connectivity index (χ1n) is 5.90. The second kappa shape index (κ2) is 6.38. The summed E-state index contributed by atoms with van der Waals surface area (Å²) in [7, 11) is 0. The van der Waals surface area contributed by atoms with Crippen molar-refractivity contribution in [2.75, 3.05) is 0 Å². The van der Waals surface area contributed by atoms with Gasteiger partial charge in [0.25, 0.3) is 11.6 Å². The lowest BCUT2D eigenvalue weighted by Crippen LogP contribution is -2.18. The number of carbonyl (C=O) groups is 1. The summed E-state index contributed by atoms with van der Waals surface area (Å²) in [5, 5.41) is 14.5. The molecule has 0 radical (unpaired) electrons. The number of hydrazone groups is 1. The minimum absolute atomic E-state index is 0.0845. The van der Waals surface area contributed by atoms with E-state index in [1.165, 1.54) is 54.7 Å². The minimum atomic E-state index is -0.694. The third-order valence-corrected chi connectivity index (χ3v) is 2.60. The van der Waals surface area contributed by atoms with Gasteiger partial charge in [-0.3, -0.25) is 14.9 Å². The van der Waals surface area contributed by atoms with Crippen molar-refractivity contribution in [3.63, 3.8) is 0 Å². The van der Waals surface area contributed by atoms with Crippen LogP contribution in [0.25, 0.3) is 0 Å². The smallest absolute Gasteiger partial charge is 0.267 e. The highest BCUT2D eigenvalue weighted by Crippen LogP contribution is 2.17. The van der Waals surface area contributed by atoms with Crippen LogP contribution < -0.4 is 5.43 Å². The summed E-state index contributed by atoms with van der Waals surface area (Å²) in [6.07, 6.45) is 1.31. The van der Waals surface area contributed by atoms with E-state index in [1.54, 1.807) is 0 Å². The Hall–Kier alpha value is -3.09. The fraction of sp³-hybridized carbons (Fsp3) is 0. The van der Waals surface area contributed by atoms with Crippen molar-refractivity contribution in [1.29, 1.82) is 0 Å². The molecule has 0 saturated carbocycles. The molecule has 0 unspecified atom stereocenters. The lowest BCUT2D eigenvalue weighted by Gasteiger charge is -2.01. The van der Waals surface area contributed by atoms with Gasteiger partial charge in [-0.05, 0) is 23.8 Å². The maximum Gasteiger partial charge on any atom is 0.282 e. The number of benzene rings is 2. The maximum absolute atomic E-state index is 12.7. The van der Waals surface area contributed by atoms with Gasteiger partial charge in [0.05, 0.1) is 11.1 Å². The number of nitrogens with one attached hydrogen (secondary N) is 1. The second-order valence-electron chi connectivity index (χ2n) is 4.02. The first kappa shape index (κ1) is 14.3. The average Bonchev–Trinajstić information content (AvgIpc) is 2.49. The first-order chi connectivity index (χ1) is 10.1. The van der Waals surface area contributed by atoms with E-state index in [9.17, 15) is 19.3 Å². The molecule has 0 aliphatic carbocycles. The van der Waals surface area contributed by atoms with E-state index in [0.717, 1.165) is 0 Å². The Morgan fingerprint density at radius 1 is 1.19 bits per heavy atom. The molecule has 7 heteroatoms. The number of nitro benzene ring substituents is 1. The summed E-state index contributed by atoms with van der Waals surface area (Å²) in [5.74, 6) is -1.07. The highest BCUT2D eigenvalue weighted by molar-refractivity contribution is 5.98. The number of hydrogen-bond acceptors (Lipinski definition) is 4. The summed E-state index contributed by atoms with van der Waals surface area (Å²) >= 11 is 0. The van der Waals surface area contributed by atoms with Crippen molar-refractivity contribution in [2.45, 2.75) is 0 Å². The number of nitrogens with zero attached hydrogens (tertiary/aromatic N) is 2. The number of halogens is 1. The molecule has 0 bridgehead atoms. The average molecular weight is 287 g/mol. The first-order valence-corrected chi connectivity index (χ1v) is 5.90. The molecular weight excluding hydrogens is 277 g/mol. The third kappa shape index (κ3) is 3.69. The summed E-state index contributed by atoms with van der Waals surface area (Å²) < 4.78 is 12.7. The third-order valence-electron chi connectivity index (χ3n) is 2.60. The number of rotatable bonds is 4. The molecule has 21 heavy (non-hydrogen) atoms. The van der Waals surface area contributed by atoms with E-state index in [2.05, 4.69) is 10.5 Å². The molecular formula is C14H10FN3O3. The summed E-state index contributed by atoms with van der Waals surface area (Å²) in [4.78, 5) is 22.0. The highest BCUT2D eigenvalue weighted by Gasteiger charge is 2.18. The van der Waals surface area contributed by atoms with Crippen LogP contribution in [0.5, 0.6) is 0 Å². The predicted octanol–water partition coefficient (Wildman–Crippen LogP) is 2.50. The molecule has 2 aromatic rings. The van der Waals surface area contributed by atoms with Crippen LogP contribution >= 0.6 is 0 Å². The lowest BCUT2D eigenvalue weighted by molar-refractivity contribution is -0.385. The summed E-state index contributed by atoms with van der Waals surface area (Å²) in [6, 6.07) is 11.0. The van der Waals surface area contributed by atoms with E-state index in [-0.39, 0.29) is 17.1 Å². The molecule has 0 aromatic heterocycles. The van der Waals surface area contributed by atoms with Crippen LogP contribution in [-0.2, 0) is 0 Å². The fourth-order valence-corrected chi connectivity index (χ4v) is 1.60. The van der Waals surface area contributed by atoms with E-state index in [4.69, 9.17) is 0 Å². The summed E-state index contributed by atoms with van der Waals surface area (Å²) in [6.45, 7) is 0. The highest BCUT2D eigenvalue weighted by atomic mass is 19.1. The molecule has 2 rings (SSSR count). The molecule has 106 valence electrons. The molecule has 0 aliphatic heterocycles. The van der Waals surface area contributed by atoms with Gasteiger partial charge in [-0.15, -0.1) is 0 Å². The zero-order valence-corrected chi connectivity index (χ0v) is 10.7. The molecule has 0 spiro atoms. The van der Waals surface area contributed by atoms with E-state index < -0.39 is 10.8 Å². The molecule has 0 atom stereocenters. The van der Waals surface area contributed by atoms with Crippen molar-refractivity contribution in [2.24, 2.45) is 5.10 Å². The van der Waals surface area contributed by atoms with Crippen LogP contribution in [-0.4, -0.2) is 17.0 Å². The Kier molecular flexibility index (Phi) is 4.35. The quantitative estimate of drug-likeness (QED) is 0.532. The van der Waals surface area contributed by atoms with Crippen LogP contribution in [0.3, 0.4) is 0 Å². The number of amides is 1. The van der Waals surface area contributed by atoms with Gasteiger partial charge in [0.15, 0.2) is 0 Å². The topological polar surface area (TPSA) is 84.6 Å². The SMILES string of the molecule is O=C(N/N=C/c1ccc(F)cc1)c1ccccc1[N+](=O)[O-]. The molecule has 0 saturated heterocycles. The standard InChI is InChI=1S/C14H10FN3O3/c15-11-7-5-10(6-8-11)9-16-17-14(19)12-3-1-2-4-13(12)18(20)21/h1-9H,(H,17,19)/b16-9+. The lowest BCUT2D eigenvalue weighted by atomic mass is 10.2. The number of para-hydroxylation sites is 1. The van der Waals surface area contributed by atoms with Crippen molar-refractivity contribution in [3.8, 4) is 0 Å². The van der Waals surface area contributed by atoms with Gasteiger partial charge in [-0.2, -0.15) is 5.10 Å². The van der Waals surface area contributed by atoms with Crippen LogP contribution in [0, 0.1) is 15.9 Å². The number of carbonyl (C=O) groups excluding carboxylic acids is 1. The zero-order valence-electron chi connectivity index (χ0n) is 10.7. The van der Waals surface area contributed by atoms with Crippen LogP contribution in [0.15, 0.2) is 53.6 Å². The van der Waals surface area contributed by atoms with Gasteiger partial charge in [-0.1, -0.05) is 24.3 Å². The Morgan fingerprint density at radius 3 is 2.52 bits per heavy atom. The normalized spacial score (nSPS) is 10.5. The van der Waals surface area contributed by atoms with E-state index in [1.807, 2.05) is 0 Å². The Balaban J connectivity index is 2.08. The predicted molar refractivity (Wildman–Crippen MR) is 74.6 cm³/mol. The molecule has 0 aliphatic rings. The number of hydrogen-bond donors (Lipinski definition) is 1. The van der Waals surface area contributed by atoms with E-state index in [0.29, 0.717) is 5.56 Å². The summed E-state index contributed by atoms with van der Waals surface area (Å²) in [5.41, 5.74) is 2.39. The van der Waals surface area contributed by atoms with Crippen LogP contribution in [0.1, 0.15) is 15.9 Å². The molecule has 1 amide bonds. The van der Waals surface area contributed by atoms with Gasteiger partial charge in [0.2, 0.25) is 0 Å². The molecule has 0 heterocycles. The van der Waals surface area contributed by atoms with Crippen molar-refractivity contribution in [3.05, 3.63) is 75.6 Å². The van der Waals surface area contributed by atoms with Crippen molar-refractivity contribution < 1.29 is 14.1 Å². The van der Waals surface area contributed by atoms with Gasteiger partial charge in [0.1, 0.15) is 11.4 Å². The Bertz CT molecular complexity index is 699. The van der Waals surface area contributed by atoms with Gasteiger partial charge < -0.3 is 0 Å². The monoisotopic (exact) mass is 287 g/mol.